The standard InChI is InChI=1S/C13H15N3O4/c1-14-11-6-5-10(16(19)20)7-9(11)8-15-12(17)3-2-4-13(15)18/h5-7,14H,2-4,8H2,1H3. The Balaban J connectivity index is 2.31. The number of imide groups is 1. The van der Waals surface area contributed by atoms with E-state index in [-0.39, 0.29) is 24.0 Å². The topological polar surface area (TPSA) is 92.6 Å². The molecule has 1 fully saturated rings. The van der Waals surface area contributed by atoms with Gasteiger partial charge >= 0.3 is 0 Å². The fourth-order valence-electron chi connectivity index (χ4n) is 2.21. The molecule has 106 valence electrons. The number of likely N-dealkylation sites (tertiary alicyclic amines) is 1. The summed E-state index contributed by atoms with van der Waals surface area (Å²) in [6.07, 6.45) is 1.26. The van der Waals surface area contributed by atoms with Crippen LogP contribution in [0, 0.1) is 10.1 Å². The maximum absolute atomic E-state index is 11.8. The summed E-state index contributed by atoms with van der Waals surface area (Å²) in [7, 11) is 1.69. The van der Waals surface area contributed by atoms with Crippen molar-refractivity contribution in [3.8, 4) is 0 Å². The number of carbonyl (C=O) groups is 2. The molecular weight excluding hydrogens is 262 g/mol. The number of nitrogens with one attached hydrogen (secondary N) is 1. The van der Waals surface area contributed by atoms with E-state index < -0.39 is 4.92 Å². The zero-order chi connectivity index (χ0) is 14.7. The van der Waals surface area contributed by atoms with Crippen LogP contribution in [-0.2, 0) is 16.1 Å². The quantitative estimate of drug-likeness (QED) is 0.513. The number of carbonyl (C=O) groups excluding carboxylic acids is 2. The lowest BCUT2D eigenvalue weighted by Gasteiger charge is -2.25. The van der Waals surface area contributed by atoms with Gasteiger partial charge in [-0.1, -0.05) is 0 Å². The Bertz CT molecular complexity index is 555. The van der Waals surface area contributed by atoms with Gasteiger partial charge in [0.25, 0.3) is 5.69 Å². The van der Waals surface area contributed by atoms with E-state index in [4.69, 9.17) is 0 Å². The van der Waals surface area contributed by atoms with E-state index in [1.54, 1.807) is 13.1 Å². The second-order valence-electron chi connectivity index (χ2n) is 4.58. The number of non-ortho nitro benzene ring substituents is 1. The summed E-state index contributed by atoms with van der Waals surface area (Å²) in [6.45, 7) is 0.0650. The predicted octanol–water partition coefficient (Wildman–Crippen LogP) is 1.68. The number of anilines is 1. The molecule has 0 unspecified atom stereocenters. The van der Waals surface area contributed by atoms with Crippen molar-refractivity contribution in [3.63, 3.8) is 0 Å². The van der Waals surface area contributed by atoms with Gasteiger partial charge in [0, 0.05) is 43.3 Å². The third-order valence-electron chi connectivity index (χ3n) is 3.28. The minimum atomic E-state index is -0.497. The van der Waals surface area contributed by atoms with Crippen molar-refractivity contribution in [2.75, 3.05) is 12.4 Å². The average molecular weight is 277 g/mol. The molecular formula is C13H15N3O4. The minimum absolute atomic E-state index is 0.0593. The lowest BCUT2D eigenvalue weighted by molar-refractivity contribution is -0.384. The largest absolute Gasteiger partial charge is 0.388 e. The molecule has 1 aliphatic rings. The van der Waals surface area contributed by atoms with Crippen LogP contribution in [0.15, 0.2) is 18.2 Å². The summed E-state index contributed by atoms with van der Waals surface area (Å²) >= 11 is 0. The van der Waals surface area contributed by atoms with E-state index >= 15 is 0 Å². The summed E-state index contributed by atoms with van der Waals surface area (Å²) in [5.74, 6) is -0.454. The summed E-state index contributed by atoms with van der Waals surface area (Å²) in [5, 5.41) is 13.7. The first-order valence-electron chi connectivity index (χ1n) is 6.31. The average Bonchev–Trinajstić information content (AvgIpc) is 2.42. The molecule has 0 bridgehead atoms. The molecule has 0 aliphatic carbocycles. The van der Waals surface area contributed by atoms with Crippen LogP contribution in [0.1, 0.15) is 24.8 Å². The van der Waals surface area contributed by atoms with Crippen LogP contribution in [0.4, 0.5) is 11.4 Å². The lowest BCUT2D eigenvalue weighted by atomic mass is 10.1. The zero-order valence-electron chi connectivity index (χ0n) is 11.1. The molecule has 1 saturated heterocycles. The monoisotopic (exact) mass is 277 g/mol. The molecule has 20 heavy (non-hydrogen) atoms. The number of rotatable bonds is 4. The summed E-state index contributed by atoms with van der Waals surface area (Å²) in [5.41, 5.74) is 1.17. The van der Waals surface area contributed by atoms with Crippen molar-refractivity contribution in [2.24, 2.45) is 0 Å². The molecule has 1 N–H and O–H groups in total. The Hall–Kier alpha value is -2.44. The summed E-state index contributed by atoms with van der Waals surface area (Å²) < 4.78 is 0. The van der Waals surface area contributed by atoms with E-state index in [9.17, 15) is 19.7 Å². The Morgan fingerprint density at radius 3 is 2.50 bits per heavy atom. The summed E-state index contributed by atoms with van der Waals surface area (Å²) in [6, 6.07) is 4.35. The molecule has 0 atom stereocenters. The Labute approximate surface area is 115 Å². The highest BCUT2D eigenvalue weighted by molar-refractivity contribution is 5.97. The highest BCUT2D eigenvalue weighted by Gasteiger charge is 2.27. The number of amides is 2. The number of hydrogen-bond donors (Lipinski definition) is 1. The van der Waals surface area contributed by atoms with Gasteiger partial charge in [0.2, 0.25) is 11.8 Å². The van der Waals surface area contributed by atoms with Crippen molar-refractivity contribution >= 4 is 23.2 Å². The molecule has 2 rings (SSSR count). The second-order valence-corrected chi connectivity index (χ2v) is 4.58. The van der Waals surface area contributed by atoms with Crippen molar-refractivity contribution in [1.29, 1.82) is 0 Å². The molecule has 0 radical (unpaired) electrons. The lowest BCUT2D eigenvalue weighted by Crippen LogP contribution is -2.39. The molecule has 1 heterocycles. The van der Waals surface area contributed by atoms with Crippen molar-refractivity contribution in [1.82, 2.24) is 4.90 Å². The van der Waals surface area contributed by atoms with Gasteiger partial charge in [-0.15, -0.1) is 0 Å². The van der Waals surface area contributed by atoms with Gasteiger partial charge in [0.15, 0.2) is 0 Å². The van der Waals surface area contributed by atoms with E-state index in [0.717, 1.165) is 0 Å². The van der Waals surface area contributed by atoms with Gasteiger partial charge in [0.05, 0.1) is 11.5 Å². The van der Waals surface area contributed by atoms with Crippen LogP contribution in [0.2, 0.25) is 0 Å². The molecule has 1 aliphatic heterocycles. The van der Waals surface area contributed by atoms with Crippen LogP contribution in [0.5, 0.6) is 0 Å². The fourth-order valence-corrected chi connectivity index (χ4v) is 2.21. The highest BCUT2D eigenvalue weighted by atomic mass is 16.6. The van der Waals surface area contributed by atoms with E-state index in [0.29, 0.717) is 30.5 Å². The highest BCUT2D eigenvalue weighted by Crippen LogP contribution is 2.25. The number of nitro benzene ring substituents is 1. The number of nitro groups is 1. The van der Waals surface area contributed by atoms with Crippen LogP contribution in [-0.4, -0.2) is 28.7 Å². The predicted molar refractivity (Wildman–Crippen MR) is 72.1 cm³/mol. The maximum atomic E-state index is 11.8. The van der Waals surface area contributed by atoms with E-state index in [1.807, 2.05) is 0 Å². The van der Waals surface area contributed by atoms with Crippen molar-refractivity contribution < 1.29 is 14.5 Å². The molecule has 7 nitrogen and oxygen atoms in total. The third-order valence-corrected chi connectivity index (χ3v) is 3.28. The van der Waals surface area contributed by atoms with Gasteiger partial charge in [-0.25, -0.2) is 0 Å². The Morgan fingerprint density at radius 2 is 1.95 bits per heavy atom. The van der Waals surface area contributed by atoms with Crippen LogP contribution in [0.3, 0.4) is 0 Å². The molecule has 0 saturated carbocycles. The van der Waals surface area contributed by atoms with Gasteiger partial charge in [-0.05, 0) is 12.5 Å². The Kier molecular flexibility index (Phi) is 3.97. The molecule has 1 aromatic rings. The van der Waals surface area contributed by atoms with Crippen LogP contribution in [0.25, 0.3) is 0 Å². The van der Waals surface area contributed by atoms with Crippen molar-refractivity contribution in [2.45, 2.75) is 25.8 Å². The normalized spacial score (nSPS) is 15.3. The van der Waals surface area contributed by atoms with Crippen molar-refractivity contribution in [3.05, 3.63) is 33.9 Å². The number of benzene rings is 1. The molecule has 2 amide bonds. The molecule has 1 aromatic carbocycles. The zero-order valence-corrected chi connectivity index (χ0v) is 11.1. The van der Waals surface area contributed by atoms with Gasteiger partial charge < -0.3 is 5.32 Å². The molecule has 0 spiro atoms. The maximum Gasteiger partial charge on any atom is 0.269 e. The van der Waals surface area contributed by atoms with E-state index in [2.05, 4.69) is 5.32 Å². The summed E-state index contributed by atoms with van der Waals surface area (Å²) in [4.78, 5) is 35.0. The first-order chi connectivity index (χ1) is 9.52. The van der Waals surface area contributed by atoms with Gasteiger partial charge in [-0.3, -0.25) is 24.6 Å². The molecule has 0 aromatic heterocycles. The Morgan fingerprint density at radius 1 is 1.30 bits per heavy atom. The minimum Gasteiger partial charge on any atom is -0.388 e. The first kappa shape index (κ1) is 14.0. The van der Waals surface area contributed by atoms with Crippen LogP contribution >= 0.6 is 0 Å². The number of piperidine rings is 1. The molecule has 7 heteroatoms. The van der Waals surface area contributed by atoms with Gasteiger partial charge in [-0.2, -0.15) is 0 Å². The number of nitrogens with zero attached hydrogens (tertiary/aromatic N) is 2. The third kappa shape index (κ3) is 2.76. The fraction of sp³-hybridized carbons (Fsp3) is 0.385. The smallest absolute Gasteiger partial charge is 0.269 e. The second kappa shape index (κ2) is 5.68. The van der Waals surface area contributed by atoms with Crippen LogP contribution < -0.4 is 5.32 Å². The van der Waals surface area contributed by atoms with E-state index in [1.165, 1.54) is 17.0 Å². The number of hydrogen-bond acceptors (Lipinski definition) is 5. The SMILES string of the molecule is CNc1ccc([N+](=O)[O-])cc1CN1C(=O)CCCC1=O. The first-order valence-corrected chi connectivity index (χ1v) is 6.31. The van der Waals surface area contributed by atoms with Gasteiger partial charge in [0.1, 0.15) is 0 Å².